The lowest BCUT2D eigenvalue weighted by Gasteiger charge is -2.09. The zero-order valence-electron chi connectivity index (χ0n) is 9.19. The van der Waals surface area contributed by atoms with E-state index in [1.807, 2.05) is 12.1 Å². The van der Waals surface area contributed by atoms with Gasteiger partial charge in [0.2, 0.25) is 0 Å². The second-order valence-electron chi connectivity index (χ2n) is 3.95. The molecule has 1 aromatic carbocycles. The van der Waals surface area contributed by atoms with E-state index in [1.165, 1.54) is 12.0 Å². The van der Waals surface area contributed by atoms with Gasteiger partial charge < -0.3 is 15.2 Å². The van der Waals surface area contributed by atoms with Gasteiger partial charge in [-0.1, -0.05) is 6.07 Å². The van der Waals surface area contributed by atoms with E-state index in [0.29, 0.717) is 11.8 Å². The van der Waals surface area contributed by atoms with Crippen LogP contribution in [0.2, 0.25) is 0 Å². The van der Waals surface area contributed by atoms with Crippen LogP contribution < -0.4 is 15.2 Å². The number of hydrogen-bond donors (Lipinski definition) is 1. The first-order valence-electron chi connectivity index (χ1n) is 5.22. The lowest BCUT2D eigenvalue weighted by molar-refractivity contribution is 0.390. The fourth-order valence-electron chi connectivity index (χ4n) is 2.01. The van der Waals surface area contributed by atoms with Crippen LogP contribution in [-0.2, 0) is 0 Å². The topological polar surface area (TPSA) is 44.5 Å². The summed E-state index contributed by atoms with van der Waals surface area (Å²) in [5, 5.41) is 0. The van der Waals surface area contributed by atoms with E-state index in [1.54, 1.807) is 14.2 Å². The van der Waals surface area contributed by atoms with Gasteiger partial charge in [-0.05, 0) is 36.4 Å². The highest BCUT2D eigenvalue weighted by molar-refractivity contribution is 5.45. The van der Waals surface area contributed by atoms with Crippen LogP contribution in [0.25, 0.3) is 0 Å². The minimum atomic E-state index is 0.579. The maximum absolute atomic E-state index is 5.64. The quantitative estimate of drug-likeness (QED) is 0.818. The van der Waals surface area contributed by atoms with Crippen LogP contribution in [0.5, 0.6) is 11.5 Å². The summed E-state index contributed by atoms with van der Waals surface area (Å²) in [6, 6.07) is 5.99. The van der Waals surface area contributed by atoms with Crippen molar-refractivity contribution in [3.8, 4) is 11.5 Å². The van der Waals surface area contributed by atoms with Gasteiger partial charge in [-0.3, -0.25) is 0 Å². The van der Waals surface area contributed by atoms with Crippen LogP contribution in [0.15, 0.2) is 18.2 Å². The highest BCUT2D eigenvalue weighted by Crippen LogP contribution is 2.50. The van der Waals surface area contributed by atoms with Gasteiger partial charge >= 0.3 is 0 Å². The van der Waals surface area contributed by atoms with E-state index in [9.17, 15) is 0 Å². The van der Waals surface area contributed by atoms with Crippen LogP contribution in [0.3, 0.4) is 0 Å². The Hall–Kier alpha value is -1.22. The summed E-state index contributed by atoms with van der Waals surface area (Å²) < 4.78 is 10.5. The molecule has 0 saturated heterocycles. The van der Waals surface area contributed by atoms with E-state index in [2.05, 4.69) is 6.07 Å². The number of nitrogens with two attached hydrogens (primary N) is 1. The van der Waals surface area contributed by atoms with Crippen LogP contribution in [0, 0.1) is 5.92 Å². The van der Waals surface area contributed by atoms with Crippen molar-refractivity contribution < 1.29 is 9.47 Å². The van der Waals surface area contributed by atoms with Gasteiger partial charge in [0.05, 0.1) is 14.2 Å². The molecule has 3 nitrogen and oxygen atoms in total. The third-order valence-corrected chi connectivity index (χ3v) is 3.07. The Bertz CT molecular complexity index is 351. The van der Waals surface area contributed by atoms with E-state index in [0.717, 1.165) is 18.0 Å². The predicted molar refractivity (Wildman–Crippen MR) is 59.4 cm³/mol. The number of benzene rings is 1. The molecule has 0 aliphatic heterocycles. The highest BCUT2D eigenvalue weighted by atomic mass is 16.5. The van der Waals surface area contributed by atoms with E-state index < -0.39 is 0 Å². The molecule has 0 amide bonds. The number of rotatable bonds is 4. The van der Waals surface area contributed by atoms with Crippen molar-refractivity contribution in [2.75, 3.05) is 20.8 Å². The second-order valence-corrected chi connectivity index (χ2v) is 3.95. The number of methoxy groups -OCH3 is 2. The predicted octanol–water partition coefficient (Wildman–Crippen LogP) is 1.77. The molecule has 0 bridgehead atoms. The first-order valence-corrected chi connectivity index (χ1v) is 5.22. The van der Waals surface area contributed by atoms with E-state index in [-0.39, 0.29) is 0 Å². The minimum absolute atomic E-state index is 0.579. The van der Waals surface area contributed by atoms with Gasteiger partial charge in [0.15, 0.2) is 0 Å². The third-order valence-electron chi connectivity index (χ3n) is 3.07. The van der Waals surface area contributed by atoms with Gasteiger partial charge in [-0.2, -0.15) is 0 Å². The zero-order valence-corrected chi connectivity index (χ0v) is 9.19. The van der Waals surface area contributed by atoms with Crippen molar-refractivity contribution in [2.45, 2.75) is 12.3 Å². The summed E-state index contributed by atoms with van der Waals surface area (Å²) in [4.78, 5) is 0. The number of ether oxygens (including phenoxy) is 2. The van der Waals surface area contributed by atoms with Gasteiger partial charge in [0, 0.05) is 6.07 Å². The largest absolute Gasteiger partial charge is 0.497 e. The van der Waals surface area contributed by atoms with Crippen LogP contribution >= 0.6 is 0 Å². The summed E-state index contributed by atoms with van der Waals surface area (Å²) in [7, 11) is 3.35. The van der Waals surface area contributed by atoms with Crippen molar-refractivity contribution in [1.29, 1.82) is 0 Å². The maximum Gasteiger partial charge on any atom is 0.126 e. The molecule has 2 unspecified atom stereocenters. The van der Waals surface area contributed by atoms with Crippen LogP contribution in [0.4, 0.5) is 0 Å². The molecule has 1 saturated carbocycles. The lowest BCUT2D eigenvalue weighted by Crippen LogP contribution is -2.02. The Kier molecular flexibility index (Phi) is 2.82. The molecular weight excluding hydrogens is 190 g/mol. The molecule has 1 aliphatic rings. The molecule has 82 valence electrons. The fraction of sp³-hybridized carbons (Fsp3) is 0.500. The molecule has 0 spiro atoms. The maximum atomic E-state index is 5.64. The normalized spacial score (nSPS) is 23.7. The monoisotopic (exact) mass is 207 g/mol. The molecular formula is C12H17NO2. The van der Waals surface area contributed by atoms with E-state index >= 15 is 0 Å². The molecule has 3 heteroatoms. The Balaban J connectivity index is 2.24. The molecule has 0 heterocycles. The van der Waals surface area contributed by atoms with Gasteiger partial charge in [-0.15, -0.1) is 0 Å². The Morgan fingerprint density at radius 1 is 1.33 bits per heavy atom. The third kappa shape index (κ3) is 1.92. The first kappa shape index (κ1) is 10.3. The summed E-state index contributed by atoms with van der Waals surface area (Å²) in [5.41, 5.74) is 6.90. The van der Waals surface area contributed by atoms with Crippen molar-refractivity contribution in [2.24, 2.45) is 11.7 Å². The van der Waals surface area contributed by atoms with Crippen LogP contribution in [-0.4, -0.2) is 20.8 Å². The molecule has 1 aliphatic carbocycles. The van der Waals surface area contributed by atoms with Crippen LogP contribution in [0.1, 0.15) is 17.9 Å². The molecule has 2 rings (SSSR count). The standard InChI is InChI=1S/C12H17NO2/c1-14-9-3-4-10(12(6-9)15-2)11-5-8(11)7-13/h3-4,6,8,11H,5,7,13H2,1-2H3. The Labute approximate surface area is 90.2 Å². The summed E-state index contributed by atoms with van der Waals surface area (Å²) >= 11 is 0. The lowest BCUT2D eigenvalue weighted by atomic mass is 10.1. The Morgan fingerprint density at radius 2 is 2.13 bits per heavy atom. The van der Waals surface area contributed by atoms with Crippen molar-refractivity contribution >= 4 is 0 Å². The van der Waals surface area contributed by atoms with Gasteiger partial charge in [0.1, 0.15) is 11.5 Å². The fourth-order valence-corrected chi connectivity index (χ4v) is 2.01. The second kappa shape index (κ2) is 4.11. The molecule has 2 N–H and O–H groups in total. The molecule has 15 heavy (non-hydrogen) atoms. The molecule has 1 aromatic rings. The van der Waals surface area contributed by atoms with Crippen molar-refractivity contribution in [1.82, 2.24) is 0 Å². The molecule has 0 radical (unpaired) electrons. The highest BCUT2D eigenvalue weighted by Gasteiger charge is 2.38. The van der Waals surface area contributed by atoms with Crippen molar-refractivity contribution in [3.05, 3.63) is 23.8 Å². The summed E-state index contributed by atoms with van der Waals surface area (Å²) in [6.07, 6.45) is 1.18. The Morgan fingerprint density at radius 3 is 2.67 bits per heavy atom. The number of hydrogen-bond acceptors (Lipinski definition) is 3. The molecule has 0 aromatic heterocycles. The zero-order chi connectivity index (χ0) is 10.8. The first-order chi connectivity index (χ1) is 7.30. The summed E-state index contributed by atoms with van der Waals surface area (Å²) in [5.74, 6) is 2.96. The van der Waals surface area contributed by atoms with Crippen molar-refractivity contribution in [3.63, 3.8) is 0 Å². The molecule has 1 fully saturated rings. The van der Waals surface area contributed by atoms with Gasteiger partial charge in [-0.25, -0.2) is 0 Å². The summed E-state index contributed by atoms with van der Waals surface area (Å²) in [6.45, 7) is 0.764. The smallest absolute Gasteiger partial charge is 0.126 e. The molecule has 2 atom stereocenters. The minimum Gasteiger partial charge on any atom is -0.497 e. The average molecular weight is 207 g/mol. The van der Waals surface area contributed by atoms with E-state index in [4.69, 9.17) is 15.2 Å². The van der Waals surface area contributed by atoms with Gasteiger partial charge in [0.25, 0.3) is 0 Å². The SMILES string of the molecule is COc1ccc(C2CC2CN)c(OC)c1. The average Bonchev–Trinajstić information content (AvgIpc) is 3.07.